The number of thiophene rings is 1. The van der Waals surface area contributed by atoms with Crippen molar-refractivity contribution in [1.82, 2.24) is 10.2 Å². The van der Waals surface area contributed by atoms with Crippen LogP contribution in [-0.4, -0.2) is 35.4 Å². The third-order valence-corrected chi connectivity index (χ3v) is 6.68. The number of methoxy groups -OCH3 is 1. The van der Waals surface area contributed by atoms with Crippen LogP contribution in [0.1, 0.15) is 15.2 Å². The van der Waals surface area contributed by atoms with E-state index in [1.54, 1.807) is 36.6 Å². The molecule has 9 heteroatoms. The van der Waals surface area contributed by atoms with E-state index < -0.39 is 0 Å². The molecule has 136 valence electrons. The molecule has 0 saturated carbocycles. The second-order valence-corrected chi connectivity index (χ2v) is 8.83. The van der Waals surface area contributed by atoms with Gasteiger partial charge in [-0.2, -0.15) is 0 Å². The number of benzene rings is 1. The fourth-order valence-electron chi connectivity index (χ4n) is 2.14. The van der Waals surface area contributed by atoms with E-state index in [9.17, 15) is 4.79 Å². The second-order valence-electron chi connectivity index (χ2n) is 5.19. The van der Waals surface area contributed by atoms with E-state index in [1.165, 1.54) is 28.0 Å². The van der Waals surface area contributed by atoms with Gasteiger partial charge in [-0.05, 0) is 36.1 Å². The smallest absolute Gasteiger partial charge is 0.206 e. The molecule has 0 aliphatic rings. The Bertz CT molecular complexity index is 868. The lowest BCUT2D eigenvalue weighted by Gasteiger charge is -2.04. The number of Topliss-reactive ketones (excluding diaryl/α,β-unsaturated/α-hetero) is 1. The van der Waals surface area contributed by atoms with Crippen LogP contribution >= 0.6 is 46.0 Å². The van der Waals surface area contributed by atoms with E-state index in [0.29, 0.717) is 16.3 Å². The number of carbonyl (C=O) groups excluding carboxylic acids is 1. The van der Waals surface area contributed by atoms with Gasteiger partial charge in [0.2, 0.25) is 5.13 Å². The lowest BCUT2D eigenvalue weighted by molar-refractivity contribution is 0.102. The predicted molar refractivity (Wildman–Crippen MR) is 109 cm³/mol. The zero-order valence-corrected chi connectivity index (χ0v) is 17.1. The van der Waals surface area contributed by atoms with Gasteiger partial charge in [0.25, 0.3) is 0 Å². The number of anilines is 1. The van der Waals surface area contributed by atoms with Gasteiger partial charge >= 0.3 is 0 Å². The third kappa shape index (κ3) is 5.20. The number of rotatable bonds is 9. The fourth-order valence-corrected chi connectivity index (χ4v) is 4.78. The number of thioether (sulfide) groups is 1. The minimum absolute atomic E-state index is 0.0121. The van der Waals surface area contributed by atoms with Crippen molar-refractivity contribution in [2.75, 3.05) is 24.7 Å². The second kappa shape index (κ2) is 9.36. The SMILES string of the molecule is COc1ccc(C(=O)CSc2nnc(NCCc3cccs3)s2)cc1Cl. The van der Waals surface area contributed by atoms with Crippen molar-refractivity contribution >= 4 is 57.0 Å². The van der Waals surface area contributed by atoms with Crippen molar-refractivity contribution in [3.63, 3.8) is 0 Å². The van der Waals surface area contributed by atoms with Gasteiger partial charge in [0.05, 0.1) is 17.9 Å². The maximum atomic E-state index is 12.3. The molecular weight excluding hydrogens is 410 g/mol. The molecule has 0 saturated heterocycles. The zero-order chi connectivity index (χ0) is 18.4. The Labute approximate surface area is 168 Å². The normalized spacial score (nSPS) is 10.7. The lowest BCUT2D eigenvalue weighted by atomic mass is 10.1. The average molecular weight is 426 g/mol. The first-order valence-corrected chi connectivity index (χ1v) is 10.8. The van der Waals surface area contributed by atoms with Gasteiger partial charge in [-0.25, -0.2) is 0 Å². The van der Waals surface area contributed by atoms with Crippen LogP contribution in [0.15, 0.2) is 40.1 Å². The minimum atomic E-state index is -0.0121. The molecule has 2 heterocycles. The summed E-state index contributed by atoms with van der Waals surface area (Å²) in [6, 6.07) is 9.20. The van der Waals surface area contributed by atoms with Crippen LogP contribution < -0.4 is 10.1 Å². The summed E-state index contributed by atoms with van der Waals surface area (Å²) >= 11 is 10.6. The average Bonchev–Trinajstić information content (AvgIpc) is 3.31. The molecule has 1 N–H and O–H groups in total. The van der Waals surface area contributed by atoms with Crippen LogP contribution in [0, 0.1) is 0 Å². The highest BCUT2D eigenvalue weighted by atomic mass is 35.5. The van der Waals surface area contributed by atoms with Gasteiger partial charge in [-0.1, -0.05) is 40.8 Å². The van der Waals surface area contributed by atoms with Crippen LogP contribution in [0.4, 0.5) is 5.13 Å². The summed E-state index contributed by atoms with van der Waals surface area (Å²) in [5.41, 5.74) is 0.558. The highest BCUT2D eigenvalue weighted by Gasteiger charge is 2.12. The zero-order valence-electron chi connectivity index (χ0n) is 13.9. The summed E-state index contributed by atoms with van der Waals surface area (Å²) in [7, 11) is 1.54. The maximum absolute atomic E-state index is 12.3. The summed E-state index contributed by atoms with van der Waals surface area (Å²) in [6.45, 7) is 0.809. The van der Waals surface area contributed by atoms with E-state index in [2.05, 4.69) is 27.0 Å². The summed E-state index contributed by atoms with van der Waals surface area (Å²) in [6.07, 6.45) is 0.955. The van der Waals surface area contributed by atoms with Crippen LogP contribution in [0.5, 0.6) is 5.75 Å². The van der Waals surface area contributed by atoms with E-state index >= 15 is 0 Å². The van der Waals surface area contributed by atoms with Crippen molar-refractivity contribution < 1.29 is 9.53 Å². The van der Waals surface area contributed by atoms with Gasteiger partial charge in [-0.3, -0.25) is 4.79 Å². The van der Waals surface area contributed by atoms with E-state index in [4.69, 9.17) is 16.3 Å². The molecule has 0 aliphatic heterocycles. The summed E-state index contributed by atoms with van der Waals surface area (Å²) in [5, 5.41) is 14.8. The third-order valence-electron chi connectivity index (χ3n) is 3.43. The highest BCUT2D eigenvalue weighted by Crippen LogP contribution is 2.28. The molecule has 0 amide bonds. The molecule has 26 heavy (non-hydrogen) atoms. The number of aromatic nitrogens is 2. The summed E-state index contributed by atoms with van der Waals surface area (Å²) < 4.78 is 5.86. The topological polar surface area (TPSA) is 64.1 Å². The number of ketones is 1. The number of halogens is 1. The molecule has 0 aliphatic carbocycles. The van der Waals surface area contributed by atoms with Crippen molar-refractivity contribution in [2.24, 2.45) is 0 Å². The van der Waals surface area contributed by atoms with E-state index in [1.807, 2.05) is 6.07 Å². The van der Waals surface area contributed by atoms with E-state index in [0.717, 1.165) is 22.4 Å². The number of carbonyl (C=O) groups is 1. The van der Waals surface area contributed by atoms with Crippen molar-refractivity contribution in [1.29, 1.82) is 0 Å². The van der Waals surface area contributed by atoms with Crippen LogP contribution in [0.25, 0.3) is 0 Å². The Morgan fingerprint density at radius 3 is 2.96 bits per heavy atom. The molecule has 0 fully saturated rings. The molecule has 3 rings (SSSR count). The molecule has 0 spiro atoms. The van der Waals surface area contributed by atoms with Crippen molar-refractivity contribution in [3.8, 4) is 5.75 Å². The van der Waals surface area contributed by atoms with E-state index in [-0.39, 0.29) is 11.5 Å². The van der Waals surface area contributed by atoms with Gasteiger partial charge in [0.1, 0.15) is 5.75 Å². The molecule has 1 aromatic carbocycles. The Hall–Kier alpha value is -1.61. The Morgan fingerprint density at radius 2 is 2.23 bits per heavy atom. The number of hydrogen-bond acceptors (Lipinski definition) is 8. The minimum Gasteiger partial charge on any atom is -0.495 e. The fraction of sp³-hybridized carbons (Fsp3) is 0.235. The highest BCUT2D eigenvalue weighted by molar-refractivity contribution is 8.01. The Balaban J connectivity index is 1.48. The molecule has 0 bridgehead atoms. The number of hydrogen-bond donors (Lipinski definition) is 1. The summed E-state index contributed by atoms with van der Waals surface area (Å²) in [4.78, 5) is 13.6. The van der Waals surface area contributed by atoms with Crippen molar-refractivity contribution in [3.05, 3.63) is 51.2 Å². The molecule has 0 radical (unpaired) electrons. The van der Waals surface area contributed by atoms with Gasteiger partial charge in [0, 0.05) is 17.0 Å². The first-order valence-electron chi connectivity index (χ1n) is 7.75. The standard InChI is InChI=1S/C17H16ClN3O2S3/c1-23-15-5-4-11(9-13(15)18)14(22)10-25-17-21-20-16(26-17)19-7-6-12-3-2-8-24-12/h2-5,8-9H,6-7,10H2,1H3,(H,19,20). The number of nitrogens with zero attached hydrogens (tertiary/aromatic N) is 2. The van der Waals surface area contributed by atoms with Crippen LogP contribution in [0.3, 0.4) is 0 Å². The molecule has 0 atom stereocenters. The first-order chi connectivity index (χ1) is 12.7. The molecule has 5 nitrogen and oxygen atoms in total. The first kappa shape index (κ1) is 19.2. The van der Waals surface area contributed by atoms with Gasteiger partial charge < -0.3 is 10.1 Å². The molecule has 2 aromatic heterocycles. The summed E-state index contributed by atoms with van der Waals surface area (Å²) in [5.74, 6) is 0.826. The Kier molecular flexibility index (Phi) is 6.90. The Morgan fingerprint density at radius 1 is 1.35 bits per heavy atom. The van der Waals surface area contributed by atoms with Crippen molar-refractivity contribution in [2.45, 2.75) is 10.8 Å². The number of nitrogens with one attached hydrogen (secondary N) is 1. The van der Waals surface area contributed by atoms with Gasteiger partial charge in [0.15, 0.2) is 10.1 Å². The molecule has 0 unspecified atom stereocenters. The predicted octanol–water partition coefficient (Wildman–Crippen LogP) is 4.89. The monoisotopic (exact) mass is 425 g/mol. The lowest BCUT2D eigenvalue weighted by Crippen LogP contribution is -2.03. The maximum Gasteiger partial charge on any atom is 0.206 e. The quantitative estimate of drug-likeness (QED) is 0.389. The molecular formula is C17H16ClN3O2S3. The largest absolute Gasteiger partial charge is 0.495 e. The van der Waals surface area contributed by atoms with Crippen LogP contribution in [0.2, 0.25) is 5.02 Å². The molecule has 3 aromatic rings. The number of ether oxygens (including phenoxy) is 1. The van der Waals surface area contributed by atoms with Crippen LogP contribution in [-0.2, 0) is 6.42 Å². The van der Waals surface area contributed by atoms with Gasteiger partial charge in [-0.15, -0.1) is 21.5 Å².